The first-order chi connectivity index (χ1) is 7.54. The van der Waals surface area contributed by atoms with E-state index in [1.807, 2.05) is 12.1 Å². The minimum absolute atomic E-state index is 0.145. The Hall–Kier alpha value is -1.06. The number of hydroxylamine groups is 1. The van der Waals surface area contributed by atoms with Crippen LogP contribution in [0.1, 0.15) is 32.8 Å². The summed E-state index contributed by atoms with van der Waals surface area (Å²) in [5.41, 5.74) is 3.52. The fourth-order valence-corrected chi connectivity index (χ4v) is 1.39. The molecule has 0 spiro atoms. The molecule has 0 aromatic heterocycles. The first-order valence-electron chi connectivity index (χ1n) is 5.64. The second kappa shape index (κ2) is 5.87. The summed E-state index contributed by atoms with van der Waals surface area (Å²) >= 11 is 0. The highest BCUT2D eigenvalue weighted by Crippen LogP contribution is 2.25. The highest BCUT2D eigenvalue weighted by Gasteiger charge is 2.13. The zero-order valence-corrected chi connectivity index (χ0v) is 10.3. The maximum absolute atomic E-state index is 8.41. The molecule has 1 aromatic carbocycles. The molecule has 16 heavy (non-hydrogen) atoms. The van der Waals surface area contributed by atoms with Gasteiger partial charge >= 0.3 is 0 Å². The Labute approximate surface area is 97.4 Å². The average molecular weight is 223 g/mol. The molecule has 0 saturated carbocycles. The maximum atomic E-state index is 8.41. The molecule has 1 rings (SSSR count). The Morgan fingerprint density at radius 1 is 1.31 bits per heavy atom. The van der Waals surface area contributed by atoms with E-state index < -0.39 is 0 Å². The monoisotopic (exact) mass is 223 g/mol. The average Bonchev–Trinajstić information content (AvgIpc) is 2.24. The number of rotatable bonds is 5. The molecule has 0 aliphatic heterocycles. The van der Waals surface area contributed by atoms with Crippen molar-refractivity contribution in [2.75, 3.05) is 13.2 Å². The van der Waals surface area contributed by atoms with Gasteiger partial charge in [-0.3, -0.25) is 0 Å². The van der Waals surface area contributed by atoms with Crippen LogP contribution < -0.4 is 10.2 Å². The molecular formula is C13H21NO2. The summed E-state index contributed by atoms with van der Waals surface area (Å²) in [5.74, 6) is 0.894. The van der Waals surface area contributed by atoms with Crippen LogP contribution in [-0.2, 0) is 5.41 Å². The van der Waals surface area contributed by atoms with Gasteiger partial charge in [0.15, 0.2) is 0 Å². The van der Waals surface area contributed by atoms with Crippen molar-refractivity contribution in [1.82, 2.24) is 5.48 Å². The fraction of sp³-hybridized carbons (Fsp3) is 0.538. The Balaban J connectivity index is 2.54. The second-order valence-electron chi connectivity index (χ2n) is 4.89. The van der Waals surface area contributed by atoms with Crippen molar-refractivity contribution in [2.24, 2.45) is 0 Å². The van der Waals surface area contributed by atoms with Crippen molar-refractivity contribution in [3.63, 3.8) is 0 Å². The molecule has 0 unspecified atom stereocenters. The van der Waals surface area contributed by atoms with E-state index in [0.717, 1.165) is 12.2 Å². The van der Waals surface area contributed by atoms with Crippen molar-refractivity contribution in [1.29, 1.82) is 0 Å². The van der Waals surface area contributed by atoms with E-state index in [1.165, 1.54) is 5.56 Å². The normalized spacial score (nSPS) is 11.5. The molecule has 2 N–H and O–H groups in total. The zero-order valence-electron chi connectivity index (χ0n) is 10.3. The maximum Gasteiger partial charge on any atom is 0.119 e. The third-order valence-electron chi connectivity index (χ3n) is 2.40. The highest BCUT2D eigenvalue weighted by atomic mass is 16.5. The minimum atomic E-state index is 0.145. The topological polar surface area (TPSA) is 41.5 Å². The second-order valence-corrected chi connectivity index (χ2v) is 4.89. The molecule has 3 heteroatoms. The van der Waals surface area contributed by atoms with Crippen LogP contribution >= 0.6 is 0 Å². The molecular weight excluding hydrogens is 202 g/mol. The van der Waals surface area contributed by atoms with Crippen molar-refractivity contribution >= 4 is 0 Å². The first kappa shape index (κ1) is 13.0. The van der Waals surface area contributed by atoms with Crippen molar-refractivity contribution in [3.05, 3.63) is 29.8 Å². The molecule has 0 radical (unpaired) electrons. The molecule has 0 amide bonds. The van der Waals surface area contributed by atoms with E-state index >= 15 is 0 Å². The molecule has 0 fully saturated rings. The summed E-state index contributed by atoms with van der Waals surface area (Å²) < 4.78 is 5.59. The summed E-state index contributed by atoms with van der Waals surface area (Å²) in [5, 5.41) is 8.41. The molecule has 0 bridgehead atoms. The van der Waals surface area contributed by atoms with E-state index in [-0.39, 0.29) is 5.41 Å². The smallest absolute Gasteiger partial charge is 0.119 e. The summed E-state index contributed by atoms with van der Waals surface area (Å²) in [6.45, 7) is 7.71. The molecule has 90 valence electrons. The Kier molecular flexibility index (Phi) is 4.77. The molecule has 3 nitrogen and oxygen atoms in total. The number of hydrogen-bond donors (Lipinski definition) is 2. The number of nitrogens with one attached hydrogen (secondary N) is 1. The van der Waals surface area contributed by atoms with Gasteiger partial charge in [0.2, 0.25) is 0 Å². The highest BCUT2D eigenvalue weighted by molar-refractivity contribution is 5.32. The lowest BCUT2D eigenvalue weighted by Gasteiger charge is -2.19. The third kappa shape index (κ3) is 4.21. The zero-order chi connectivity index (χ0) is 12.0. The summed E-state index contributed by atoms with van der Waals surface area (Å²) in [6, 6.07) is 8.16. The first-order valence-corrected chi connectivity index (χ1v) is 5.64. The van der Waals surface area contributed by atoms with Crippen molar-refractivity contribution in [3.8, 4) is 5.75 Å². The van der Waals surface area contributed by atoms with Crippen molar-refractivity contribution < 1.29 is 9.94 Å². The number of hydrogen-bond acceptors (Lipinski definition) is 3. The molecule has 0 atom stereocenters. The van der Waals surface area contributed by atoms with Gasteiger partial charge in [-0.05, 0) is 29.5 Å². The van der Waals surface area contributed by atoms with E-state index in [2.05, 4.69) is 38.4 Å². The predicted molar refractivity (Wildman–Crippen MR) is 65.0 cm³/mol. The van der Waals surface area contributed by atoms with E-state index in [9.17, 15) is 0 Å². The van der Waals surface area contributed by atoms with Crippen LogP contribution in [-0.4, -0.2) is 18.4 Å². The summed E-state index contributed by atoms with van der Waals surface area (Å²) in [7, 11) is 0. The van der Waals surface area contributed by atoms with Gasteiger partial charge in [0, 0.05) is 6.54 Å². The van der Waals surface area contributed by atoms with Crippen LogP contribution in [0.3, 0.4) is 0 Å². The predicted octanol–water partition coefficient (Wildman–Crippen LogP) is 2.73. The van der Waals surface area contributed by atoms with Gasteiger partial charge in [0.25, 0.3) is 0 Å². The standard InChI is InChI=1S/C13H21NO2/c1-13(2,3)11-6-4-7-12(10-11)16-9-5-8-14-15/h4,6-7,10,14-15H,5,8-9H2,1-3H3. The van der Waals surface area contributed by atoms with Crippen LogP contribution in [0, 0.1) is 0 Å². The van der Waals surface area contributed by atoms with Gasteiger partial charge in [-0.1, -0.05) is 32.9 Å². The van der Waals surface area contributed by atoms with E-state index in [4.69, 9.17) is 9.94 Å². The molecule has 0 aliphatic carbocycles. The number of benzene rings is 1. The Bertz CT molecular complexity index is 318. The van der Waals surface area contributed by atoms with Gasteiger partial charge in [0.1, 0.15) is 5.75 Å². The molecule has 1 aromatic rings. The molecule has 0 saturated heterocycles. The van der Waals surface area contributed by atoms with Crippen LogP contribution in [0.25, 0.3) is 0 Å². The van der Waals surface area contributed by atoms with Crippen LogP contribution in [0.4, 0.5) is 0 Å². The third-order valence-corrected chi connectivity index (χ3v) is 2.40. The van der Waals surface area contributed by atoms with Crippen molar-refractivity contribution in [2.45, 2.75) is 32.6 Å². The van der Waals surface area contributed by atoms with Gasteiger partial charge in [0.05, 0.1) is 6.61 Å². The van der Waals surface area contributed by atoms with Gasteiger partial charge < -0.3 is 9.94 Å². The summed E-state index contributed by atoms with van der Waals surface area (Å²) in [6.07, 6.45) is 0.788. The van der Waals surface area contributed by atoms with Crippen LogP contribution in [0.5, 0.6) is 5.75 Å². The van der Waals surface area contributed by atoms with Gasteiger partial charge in [-0.2, -0.15) is 0 Å². The van der Waals surface area contributed by atoms with Gasteiger partial charge in [-0.25, -0.2) is 5.48 Å². The quantitative estimate of drug-likeness (QED) is 0.595. The minimum Gasteiger partial charge on any atom is -0.494 e. The lowest BCUT2D eigenvalue weighted by molar-refractivity contribution is 0.157. The van der Waals surface area contributed by atoms with E-state index in [0.29, 0.717) is 13.2 Å². The Morgan fingerprint density at radius 2 is 2.06 bits per heavy atom. The lowest BCUT2D eigenvalue weighted by atomic mass is 9.87. The summed E-state index contributed by atoms with van der Waals surface area (Å²) in [4.78, 5) is 0. The fourth-order valence-electron chi connectivity index (χ4n) is 1.39. The molecule has 0 aliphatic rings. The number of ether oxygens (including phenoxy) is 1. The van der Waals surface area contributed by atoms with Crippen LogP contribution in [0.15, 0.2) is 24.3 Å². The van der Waals surface area contributed by atoms with Gasteiger partial charge in [-0.15, -0.1) is 0 Å². The van der Waals surface area contributed by atoms with E-state index in [1.54, 1.807) is 0 Å². The SMILES string of the molecule is CC(C)(C)c1cccc(OCCCNO)c1. The molecule has 0 heterocycles. The largest absolute Gasteiger partial charge is 0.494 e. The lowest BCUT2D eigenvalue weighted by Crippen LogP contribution is -2.13. The van der Waals surface area contributed by atoms with Crippen LogP contribution in [0.2, 0.25) is 0 Å². The Morgan fingerprint density at radius 3 is 2.69 bits per heavy atom.